The lowest BCUT2D eigenvalue weighted by Crippen LogP contribution is -2.38. The van der Waals surface area contributed by atoms with Gasteiger partial charge in [0.25, 0.3) is 0 Å². The summed E-state index contributed by atoms with van der Waals surface area (Å²) in [5.41, 5.74) is 0.931. The van der Waals surface area contributed by atoms with Crippen molar-refractivity contribution in [1.29, 1.82) is 0 Å². The maximum Gasteiger partial charge on any atom is 0.330 e. The second-order valence-corrected chi connectivity index (χ2v) is 10.00. The Morgan fingerprint density at radius 2 is 1.94 bits per heavy atom. The summed E-state index contributed by atoms with van der Waals surface area (Å²) in [6, 6.07) is 6.00. The quantitative estimate of drug-likeness (QED) is 0.128. The van der Waals surface area contributed by atoms with Crippen LogP contribution in [0.1, 0.15) is 24.8 Å². The zero-order valence-electron chi connectivity index (χ0n) is 18.7. The van der Waals surface area contributed by atoms with Crippen molar-refractivity contribution >= 4 is 13.5 Å². The predicted octanol–water partition coefficient (Wildman–Crippen LogP) is -0.858. The highest BCUT2D eigenvalue weighted by Gasteiger charge is 2.41. The van der Waals surface area contributed by atoms with Gasteiger partial charge in [-0.1, -0.05) is 18.2 Å². The van der Waals surface area contributed by atoms with Gasteiger partial charge in [0.1, 0.15) is 5.75 Å². The smallest absolute Gasteiger partial charge is 0.330 e. The Kier molecular flexibility index (Phi) is 11.2. The minimum absolute atomic E-state index is 0.0805. The number of aryl methyl sites for hydroxylation is 1. The Morgan fingerprint density at radius 1 is 1.24 bits per heavy atom. The molecule has 1 aromatic carbocycles. The number of aliphatic hydroxyl groups is 4. The molecule has 0 aliphatic carbocycles. The molecule has 1 unspecified atom stereocenters. The Morgan fingerprint density at radius 3 is 2.61 bits per heavy atom. The minimum atomic E-state index is -4.09. The monoisotopic (exact) mass is 490 g/mol. The van der Waals surface area contributed by atoms with E-state index in [2.05, 4.69) is 10.6 Å². The number of carbonyl (C=O) groups is 1. The predicted molar refractivity (Wildman–Crippen MR) is 120 cm³/mol. The molecule has 0 spiro atoms. The highest BCUT2D eigenvalue weighted by molar-refractivity contribution is 7.52. The van der Waals surface area contributed by atoms with Crippen LogP contribution in [0.5, 0.6) is 5.75 Å². The number of aliphatic hydroxyl groups excluding tert-OH is 4. The molecule has 33 heavy (non-hydrogen) atoms. The van der Waals surface area contributed by atoms with Gasteiger partial charge >= 0.3 is 7.60 Å². The molecule has 6 atom stereocenters. The van der Waals surface area contributed by atoms with Crippen molar-refractivity contribution in [3.8, 4) is 5.75 Å². The second kappa shape index (κ2) is 13.4. The maximum atomic E-state index is 12.2. The molecule has 1 fully saturated rings. The molecule has 0 aromatic heterocycles. The number of hydrogen-bond donors (Lipinski definition) is 7. The Labute approximate surface area is 193 Å². The fourth-order valence-corrected chi connectivity index (χ4v) is 4.96. The highest BCUT2D eigenvalue weighted by Crippen LogP contribution is 2.43. The zero-order chi connectivity index (χ0) is 24.4. The molecule has 1 aliphatic rings. The van der Waals surface area contributed by atoms with Crippen molar-refractivity contribution in [3.63, 3.8) is 0 Å². The standard InChI is InChI=1S/C21H35N2O9P/c1-31-18-6-3-2-5-14(18)7-8-19(26)22-9-4-10-32-33(29,30)13-15(25)11-16-20(27)21(28)17(12-24)23-16/h2-3,5-6,15-17,20-21,23-25,27-28H,4,7-13H2,1H3,(H,22,26)(H,29,30)/t15-,16-,17-,20-,21-/m1/s1. The topological polar surface area (TPSA) is 178 Å². The fourth-order valence-electron chi connectivity index (χ4n) is 3.76. The van der Waals surface area contributed by atoms with E-state index in [-0.39, 0.29) is 38.5 Å². The first-order valence-electron chi connectivity index (χ1n) is 10.9. The molecular weight excluding hydrogens is 455 g/mol. The largest absolute Gasteiger partial charge is 0.496 e. The van der Waals surface area contributed by atoms with Crippen molar-refractivity contribution in [2.24, 2.45) is 0 Å². The van der Waals surface area contributed by atoms with Crippen LogP contribution >= 0.6 is 7.60 Å². The number of carbonyl (C=O) groups excluding carboxylic acids is 1. The summed E-state index contributed by atoms with van der Waals surface area (Å²) < 4.78 is 22.4. The van der Waals surface area contributed by atoms with E-state index in [9.17, 15) is 29.6 Å². The van der Waals surface area contributed by atoms with Crippen LogP contribution in [0.25, 0.3) is 0 Å². The van der Waals surface area contributed by atoms with E-state index < -0.39 is 44.2 Å². The number of rotatable bonds is 14. The maximum absolute atomic E-state index is 12.2. The van der Waals surface area contributed by atoms with E-state index in [4.69, 9.17) is 14.4 Å². The fraction of sp³-hybridized carbons (Fsp3) is 0.667. The van der Waals surface area contributed by atoms with Gasteiger partial charge in [0, 0.05) is 19.0 Å². The second-order valence-electron chi connectivity index (χ2n) is 8.10. The molecule has 7 N–H and O–H groups in total. The average Bonchev–Trinajstić information content (AvgIpc) is 3.04. The molecule has 2 rings (SSSR count). The molecule has 0 saturated carbocycles. The molecule has 11 nitrogen and oxygen atoms in total. The molecule has 1 saturated heterocycles. The van der Waals surface area contributed by atoms with E-state index in [0.29, 0.717) is 12.8 Å². The summed E-state index contributed by atoms with van der Waals surface area (Å²) in [6.07, 6.45) is -3.17. The number of methoxy groups -OCH3 is 1. The molecule has 1 aromatic rings. The van der Waals surface area contributed by atoms with E-state index in [1.54, 1.807) is 7.11 Å². The third-order valence-electron chi connectivity index (χ3n) is 5.52. The van der Waals surface area contributed by atoms with Crippen molar-refractivity contribution in [2.45, 2.75) is 56.1 Å². The van der Waals surface area contributed by atoms with Gasteiger partial charge in [-0.25, -0.2) is 0 Å². The van der Waals surface area contributed by atoms with Crippen LogP contribution in [0.2, 0.25) is 0 Å². The van der Waals surface area contributed by atoms with Crippen LogP contribution in [0.3, 0.4) is 0 Å². The first-order chi connectivity index (χ1) is 15.7. The SMILES string of the molecule is COc1ccccc1CCC(=O)NCCCOP(=O)(O)C[C@H](O)C[C@H]1N[C@H](CO)[C@@H](O)[C@@H]1O. The Bertz CT molecular complexity index is 797. The third kappa shape index (κ3) is 8.95. The molecule has 1 amide bonds. The van der Waals surface area contributed by atoms with Crippen molar-refractivity contribution in [3.05, 3.63) is 29.8 Å². The number of benzene rings is 1. The van der Waals surface area contributed by atoms with Gasteiger partial charge in [-0.3, -0.25) is 9.36 Å². The highest BCUT2D eigenvalue weighted by atomic mass is 31.2. The van der Waals surface area contributed by atoms with Gasteiger partial charge in [-0.05, 0) is 30.9 Å². The summed E-state index contributed by atoms with van der Waals surface area (Å²) >= 11 is 0. The Hall–Kier alpha value is -1.56. The minimum Gasteiger partial charge on any atom is -0.496 e. The summed E-state index contributed by atoms with van der Waals surface area (Å²) in [5, 5.41) is 44.5. The van der Waals surface area contributed by atoms with Crippen LogP contribution in [0, 0.1) is 0 Å². The van der Waals surface area contributed by atoms with Gasteiger partial charge in [0.15, 0.2) is 0 Å². The van der Waals surface area contributed by atoms with Crippen molar-refractivity contribution < 1.29 is 43.9 Å². The molecule has 188 valence electrons. The number of hydrogen-bond acceptors (Lipinski definition) is 9. The van der Waals surface area contributed by atoms with E-state index in [0.717, 1.165) is 11.3 Å². The van der Waals surface area contributed by atoms with Gasteiger partial charge in [-0.15, -0.1) is 0 Å². The molecule has 1 heterocycles. The lowest BCUT2D eigenvalue weighted by Gasteiger charge is -2.21. The van der Waals surface area contributed by atoms with Crippen LogP contribution in [0.4, 0.5) is 0 Å². The van der Waals surface area contributed by atoms with Crippen LogP contribution in [-0.4, -0.2) is 94.7 Å². The van der Waals surface area contributed by atoms with Gasteiger partial charge < -0.3 is 45.2 Å². The lowest BCUT2D eigenvalue weighted by molar-refractivity contribution is -0.121. The van der Waals surface area contributed by atoms with Crippen LogP contribution in [0.15, 0.2) is 24.3 Å². The lowest BCUT2D eigenvalue weighted by atomic mass is 10.0. The summed E-state index contributed by atoms with van der Waals surface area (Å²) in [6.45, 7) is -0.196. The molecule has 1 aliphatic heterocycles. The zero-order valence-corrected chi connectivity index (χ0v) is 19.6. The Balaban J connectivity index is 1.62. The summed E-state index contributed by atoms with van der Waals surface area (Å²) in [5.74, 6) is 0.566. The number of ether oxygens (including phenoxy) is 1. The molecule has 0 bridgehead atoms. The molecular formula is C21H35N2O9P. The third-order valence-corrected chi connectivity index (χ3v) is 6.99. The first kappa shape index (κ1) is 27.7. The normalized spacial score (nSPS) is 25.4. The van der Waals surface area contributed by atoms with Crippen LogP contribution < -0.4 is 15.4 Å². The van der Waals surface area contributed by atoms with E-state index in [1.165, 1.54) is 0 Å². The van der Waals surface area contributed by atoms with Gasteiger partial charge in [-0.2, -0.15) is 0 Å². The number of para-hydroxylation sites is 1. The van der Waals surface area contributed by atoms with Crippen molar-refractivity contribution in [2.75, 3.05) is 33.0 Å². The van der Waals surface area contributed by atoms with Gasteiger partial charge in [0.05, 0.1) is 50.8 Å². The van der Waals surface area contributed by atoms with E-state index >= 15 is 0 Å². The van der Waals surface area contributed by atoms with E-state index in [1.807, 2.05) is 24.3 Å². The summed E-state index contributed by atoms with van der Waals surface area (Å²) in [4.78, 5) is 21.9. The summed E-state index contributed by atoms with van der Waals surface area (Å²) in [7, 11) is -2.51. The van der Waals surface area contributed by atoms with Crippen molar-refractivity contribution in [1.82, 2.24) is 10.6 Å². The molecule has 0 radical (unpaired) electrons. The van der Waals surface area contributed by atoms with Gasteiger partial charge in [0.2, 0.25) is 5.91 Å². The first-order valence-corrected chi connectivity index (χ1v) is 12.7. The van der Waals surface area contributed by atoms with Crippen LogP contribution in [-0.2, 0) is 20.3 Å². The molecule has 12 heteroatoms. The number of nitrogens with one attached hydrogen (secondary N) is 2. The average molecular weight is 490 g/mol. The number of amides is 1.